The number of carbonyl (C=O) groups is 1. The Labute approximate surface area is 110 Å². The predicted octanol–water partition coefficient (Wildman–Crippen LogP) is 1.38. The molecule has 0 aliphatic rings. The van der Waals surface area contributed by atoms with Crippen molar-refractivity contribution >= 4 is 5.91 Å². The molecule has 1 amide bonds. The van der Waals surface area contributed by atoms with E-state index in [1.807, 2.05) is 31.2 Å². The van der Waals surface area contributed by atoms with Gasteiger partial charge in [0.25, 0.3) is 5.91 Å². The van der Waals surface area contributed by atoms with Crippen LogP contribution >= 0.6 is 0 Å². The fourth-order valence-corrected chi connectivity index (χ4v) is 1.49. The molecule has 0 unspecified atom stereocenters. The summed E-state index contributed by atoms with van der Waals surface area (Å²) in [6.07, 6.45) is 0. The second-order valence-electron chi connectivity index (χ2n) is 4.12. The third kappa shape index (κ3) is 4.09. The number of benzene rings is 1. The van der Waals surface area contributed by atoms with Crippen molar-refractivity contribution in [3.63, 3.8) is 0 Å². The van der Waals surface area contributed by atoms with Crippen LogP contribution in [0.3, 0.4) is 0 Å². The molecule has 0 aliphatic heterocycles. The number of hydrogen-bond donors (Lipinski definition) is 1. The third-order valence-corrected chi connectivity index (χ3v) is 2.37. The molecule has 100 valence electrons. The van der Waals surface area contributed by atoms with Crippen molar-refractivity contribution in [2.24, 2.45) is 0 Å². The second-order valence-corrected chi connectivity index (χ2v) is 4.12. The van der Waals surface area contributed by atoms with Gasteiger partial charge in [0.15, 0.2) is 12.4 Å². The van der Waals surface area contributed by atoms with Gasteiger partial charge in [-0.05, 0) is 31.5 Å². The van der Waals surface area contributed by atoms with Crippen LogP contribution in [0.5, 0.6) is 5.75 Å². The molecule has 2 rings (SSSR count). The minimum Gasteiger partial charge on any atom is -0.484 e. The van der Waals surface area contributed by atoms with Gasteiger partial charge in [-0.25, -0.2) is 0 Å². The smallest absolute Gasteiger partial charge is 0.258 e. The molecule has 19 heavy (non-hydrogen) atoms. The maximum absolute atomic E-state index is 11.6. The monoisotopic (exact) mass is 261 g/mol. The highest BCUT2D eigenvalue weighted by Gasteiger charge is 2.06. The molecule has 2 aromatic rings. The average Bonchev–Trinajstić information content (AvgIpc) is 2.80. The van der Waals surface area contributed by atoms with E-state index in [1.165, 1.54) is 0 Å². The van der Waals surface area contributed by atoms with E-state index in [2.05, 4.69) is 15.5 Å². The topological polar surface area (TPSA) is 77.2 Å². The van der Waals surface area contributed by atoms with Gasteiger partial charge in [0.05, 0.1) is 6.54 Å². The van der Waals surface area contributed by atoms with Gasteiger partial charge in [0.2, 0.25) is 5.89 Å². The number of amides is 1. The van der Waals surface area contributed by atoms with Crippen molar-refractivity contribution < 1.29 is 14.1 Å². The Balaban J connectivity index is 1.75. The van der Waals surface area contributed by atoms with E-state index in [1.54, 1.807) is 6.92 Å². The highest BCUT2D eigenvalue weighted by molar-refractivity contribution is 5.77. The molecule has 0 radical (unpaired) electrons. The van der Waals surface area contributed by atoms with Crippen LogP contribution in [0.15, 0.2) is 28.8 Å². The van der Waals surface area contributed by atoms with Crippen molar-refractivity contribution in [2.75, 3.05) is 6.61 Å². The number of aromatic nitrogens is 2. The van der Waals surface area contributed by atoms with Crippen LogP contribution in [-0.2, 0) is 11.3 Å². The molecule has 1 N–H and O–H groups in total. The van der Waals surface area contributed by atoms with Crippen LogP contribution in [0, 0.1) is 13.8 Å². The van der Waals surface area contributed by atoms with Crippen LogP contribution < -0.4 is 10.1 Å². The summed E-state index contributed by atoms with van der Waals surface area (Å²) in [5, 5.41) is 6.27. The van der Waals surface area contributed by atoms with E-state index in [0.29, 0.717) is 17.5 Å². The molecule has 6 nitrogen and oxygen atoms in total. The molecule has 0 spiro atoms. The Kier molecular flexibility index (Phi) is 4.12. The first-order chi connectivity index (χ1) is 9.13. The molecule has 1 heterocycles. The van der Waals surface area contributed by atoms with Crippen molar-refractivity contribution in [2.45, 2.75) is 20.4 Å². The van der Waals surface area contributed by atoms with Gasteiger partial charge < -0.3 is 14.6 Å². The van der Waals surface area contributed by atoms with Crippen molar-refractivity contribution in [1.29, 1.82) is 0 Å². The lowest BCUT2D eigenvalue weighted by atomic mass is 10.2. The maximum Gasteiger partial charge on any atom is 0.258 e. The summed E-state index contributed by atoms with van der Waals surface area (Å²) < 4.78 is 10.2. The highest BCUT2D eigenvalue weighted by Crippen LogP contribution is 2.11. The normalized spacial score (nSPS) is 10.2. The summed E-state index contributed by atoms with van der Waals surface area (Å²) in [4.78, 5) is 15.5. The molecule has 1 aromatic heterocycles. The number of rotatable bonds is 5. The van der Waals surface area contributed by atoms with Crippen molar-refractivity contribution in [3.8, 4) is 5.75 Å². The molecule has 0 fully saturated rings. The Hall–Kier alpha value is -2.37. The second kappa shape index (κ2) is 5.99. The lowest BCUT2D eigenvalue weighted by Gasteiger charge is -2.06. The molecular weight excluding hydrogens is 246 g/mol. The molecule has 0 saturated heterocycles. The molecule has 6 heteroatoms. The summed E-state index contributed by atoms with van der Waals surface area (Å²) in [5.41, 5.74) is 1.08. The van der Waals surface area contributed by atoms with Crippen LogP contribution in [0.2, 0.25) is 0 Å². The summed E-state index contributed by atoms with van der Waals surface area (Å²) >= 11 is 0. The number of hydrogen-bond acceptors (Lipinski definition) is 5. The lowest BCUT2D eigenvalue weighted by Crippen LogP contribution is -2.28. The molecule has 0 saturated carbocycles. The van der Waals surface area contributed by atoms with Crippen molar-refractivity contribution in [1.82, 2.24) is 15.5 Å². The number of nitrogens with one attached hydrogen (secondary N) is 1. The molecule has 0 bridgehead atoms. The van der Waals surface area contributed by atoms with Gasteiger partial charge in [-0.1, -0.05) is 17.3 Å². The minimum absolute atomic E-state index is 0.0451. The SMILES string of the molecule is Cc1cccc(OCC(=O)NCc2nc(C)no2)c1. The van der Waals surface area contributed by atoms with Gasteiger partial charge in [-0.15, -0.1) is 0 Å². The van der Waals surface area contributed by atoms with Crippen LogP contribution in [0.1, 0.15) is 17.3 Å². The van der Waals surface area contributed by atoms with Crippen molar-refractivity contribution in [3.05, 3.63) is 41.5 Å². The van der Waals surface area contributed by atoms with E-state index in [9.17, 15) is 4.79 Å². The molecule has 0 aliphatic carbocycles. The summed E-state index contributed by atoms with van der Waals surface area (Å²) in [5.74, 6) is 1.35. The van der Waals surface area contributed by atoms with E-state index in [4.69, 9.17) is 9.26 Å². The lowest BCUT2D eigenvalue weighted by molar-refractivity contribution is -0.123. The summed E-state index contributed by atoms with van der Waals surface area (Å²) in [6.45, 7) is 3.84. The van der Waals surface area contributed by atoms with E-state index >= 15 is 0 Å². The maximum atomic E-state index is 11.6. The highest BCUT2D eigenvalue weighted by atomic mass is 16.5. The fraction of sp³-hybridized carbons (Fsp3) is 0.308. The quantitative estimate of drug-likeness (QED) is 0.879. The zero-order valence-electron chi connectivity index (χ0n) is 10.8. The van der Waals surface area contributed by atoms with Gasteiger partial charge >= 0.3 is 0 Å². The Morgan fingerprint density at radius 2 is 2.26 bits per heavy atom. The van der Waals surface area contributed by atoms with E-state index in [0.717, 1.165) is 5.56 Å². The first kappa shape index (κ1) is 13.1. The number of nitrogens with zero attached hydrogens (tertiary/aromatic N) is 2. The van der Waals surface area contributed by atoms with Gasteiger partial charge in [0.1, 0.15) is 5.75 Å². The Morgan fingerprint density at radius 3 is 2.95 bits per heavy atom. The summed E-state index contributed by atoms with van der Waals surface area (Å²) in [6, 6.07) is 7.52. The number of aryl methyl sites for hydroxylation is 2. The zero-order valence-corrected chi connectivity index (χ0v) is 10.8. The summed E-state index contributed by atoms with van der Waals surface area (Å²) in [7, 11) is 0. The number of ether oxygens (including phenoxy) is 1. The minimum atomic E-state index is -0.239. The molecule has 1 aromatic carbocycles. The molecule has 0 atom stereocenters. The predicted molar refractivity (Wildman–Crippen MR) is 67.6 cm³/mol. The van der Waals surface area contributed by atoms with Gasteiger partial charge in [-0.3, -0.25) is 4.79 Å². The largest absolute Gasteiger partial charge is 0.484 e. The van der Waals surface area contributed by atoms with Crippen LogP contribution in [0.25, 0.3) is 0 Å². The first-order valence-electron chi connectivity index (χ1n) is 5.89. The van der Waals surface area contributed by atoms with Crippen LogP contribution in [-0.4, -0.2) is 22.7 Å². The van der Waals surface area contributed by atoms with Crippen LogP contribution in [0.4, 0.5) is 0 Å². The Bertz CT molecular complexity index is 566. The number of carbonyl (C=O) groups excluding carboxylic acids is 1. The standard InChI is InChI=1S/C13H15N3O3/c1-9-4-3-5-11(6-9)18-8-12(17)14-7-13-15-10(2)16-19-13/h3-6H,7-8H2,1-2H3,(H,14,17). The average molecular weight is 261 g/mol. The van der Waals surface area contributed by atoms with E-state index in [-0.39, 0.29) is 19.1 Å². The van der Waals surface area contributed by atoms with Gasteiger partial charge in [-0.2, -0.15) is 4.98 Å². The van der Waals surface area contributed by atoms with E-state index < -0.39 is 0 Å². The molecular formula is C13H15N3O3. The Morgan fingerprint density at radius 1 is 1.42 bits per heavy atom. The van der Waals surface area contributed by atoms with Gasteiger partial charge in [0, 0.05) is 0 Å². The fourth-order valence-electron chi connectivity index (χ4n) is 1.49. The first-order valence-corrected chi connectivity index (χ1v) is 5.89. The zero-order chi connectivity index (χ0) is 13.7. The third-order valence-electron chi connectivity index (χ3n) is 2.37.